The van der Waals surface area contributed by atoms with Crippen LogP contribution in [-0.4, -0.2) is 25.1 Å². The molecule has 1 amide bonds. The summed E-state index contributed by atoms with van der Waals surface area (Å²) in [5.41, 5.74) is 11.2. The van der Waals surface area contributed by atoms with Crippen molar-refractivity contribution in [1.29, 1.82) is 0 Å². The number of benzene rings is 2. The monoisotopic (exact) mass is 459 g/mol. The largest absolute Gasteiger partial charge is 0.497 e. The van der Waals surface area contributed by atoms with Crippen molar-refractivity contribution in [3.63, 3.8) is 0 Å². The Morgan fingerprint density at radius 1 is 1.09 bits per heavy atom. The van der Waals surface area contributed by atoms with Crippen molar-refractivity contribution < 1.29 is 14.3 Å². The Labute approximate surface area is 196 Å². The number of hydrogen-bond donors (Lipinski definition) is 2. The standard InChI is InChI=1S/C26H25N3O3S/c1-31-19-12-18(13-20(14-19)32-2)28-25(30)24-23(27)21-11-17-10-16(15-6-4-3-5-7-15)8-9-22(17)29-26(21)33-24/h3-7,11-14,16H,8-10,27H2,1-2H3,(H,28,30). The lowest BCUT2D eigenvalue weighted by molar-refractivity contribution is 0.103. The lowest BCUT2D eigenvalue weighted by Gasteiger charge is -2.24. The Morgan fingerprint density at radius 3 is 2.52 bits per heavy atom. The van der Waals surface area contributed by atoms with Gasteiger partial charge in [-0.25, -0.2) is 4.98 Å². The number of amides is 1. The van der Waals surface area contributed by atoms with Gasteiger partial charge in [0.05, 0.1) is 19.9 Å². The lowest BCUT2D eigenvalue weighted by Crippen LogP contribution is -2.14. The summed E-state index contributed by atoms with van der Waals surface area (Å²) in [6.45, 7) is 0. The first-order valence-corrected chi connectivity index (χ1v) is 11.7. The van der Waals surface area contributed by atoms with E-state index in [-0.39, 0.29) is 5.91 Å². The molecule has 0 fully saturated rings. The van der Waals surface area contributed by atoms with E-state index in [1.54, 1.807) is 32.4 Å². The molecule has 2 heterocycles. The second kappa shape index (κ2) is 8.75. The molecular weight excluding hydrogens is 434 g/mol. The molecule has 0 spiro atoms. The zero-order chi connectivity index (χ0) is 22.9. The third-order valence-electron chi connectivity index (χ3n) is 6.17. The summed E-state index contributed by atoms with van der Waals surface area (Å²) in [5, 5.41) is 3.76. The number of fused-ring (bicyclic) bond motifs is 2. The Bertz CT molecular complexity index is 1310. The van der Waals surface area contributed by atoms with Crippen LogP contribution in [0.4, 0.5) is 11.4 Å². The molecule has 0 bridgehead atoms. The molecule has 0 saturated carbocycles. The van der Waals surface area contributed by atoms with Crippen molar-refractivity contribution in [2.24, 2.45) is 0 Å². The van der Waals surface area contributed by atoms with Crippen molar-refractivity contribution >= 4 is 38.8 Å². The highest BCUT2D eigenvalue weighted by molar-refractivity contribution is 7.21. The molecule has 168 valence electrons. The van der Waals surface area contributed by atoms with Crippen molar-refractivity contribution in [3.05, 3.63) is 76.3 Å². The third kappa shape index (κ3) is 4.12. The Balaban J connectivity index is 1.44. The minimum atomic E-state index is -0.272. The molecule has 2 aromatic carbocycles. The fraction of sp³-hybridized carbons (Fsp3) is 0.231. The maximum absolute atomic E-state index is 13.1. The number of carbonyl (C=O) groups excluding carboxylic acids is 1. The predicted molar refractivity (Wildman–Crippen MR) is 133 cm³/mol. The second-order valence-corrected chi connectivity index (χ2v) is 9.20. The third-order valence-corrected chi connectivity index (χ3v) is 7.29. The number of carbonyl (C=O) groups is 1. The first-order valence-electron chi connectivity index (χ1n) is 10.9. The van der Waals surface area contributed by atoms with Gasteiger partial charge in [0.1, 0.15) is 21.2 Å². The highest BCUT2D eigenvalue weighted by Crippen LogP contribution is 2.39. The highest BCUT2D eigenvalue weighted by Gasteiger charge is 2.24. The number of anilines is 2. The van der Waals surface area contributed by atoms with E-state index < -0.39 is 0 Å². The van der Waals surface area contributed by atoms with E-state index in [2.05, 4.69) is 35.6 Å². The summed E-state index contributed by atoms with van der Waals surface area (Å²) in [6, 6.07) is 18.0. The molecule has 3 N–H and O–H groups in total. The number of ether oxygens (including phenoxy) is 2. The van der Waals surface area contributed by atoms with Crippen molar-refractivity contribution in [3.8, 4) is 11.5 Å². The van der Waals surface area contributed by atoms with Gasteiger partial charge in [0, 0.05) is 35.0 Å². The molecule has 2 aromatic heterocycles. The minimum Gasteiger partial charge on any atom is -0.497 e. The summed E-state index contributed by atoms with van der Waals surface area (Å²) >= 11 is 1.33. The normalized spacial score (nSPS) is 15.2. The van der Waals surface area contributed by atoms with E-state index in [0.29, 0.717) is 33.7 Å². The fourth-order valence-electron chi connectivity index (χ4n) is 4.44. The van der Waals surface area contributed by atoms with Gasteiger partial charge in [-0.2, -0.15) is 0 Å². The van der Waals surface area contributed by atoms with Gasteiger partial charge in [0.15, 0.2) is 0 Å². The van der Waals surface area contributed by atoms with E-state index in [4.69, 9.17) is 20.2 Å². The maximum atomic E-state index is 13.1. The highest BCUT2D eigenvalue weighted by atomic mass is 32.1. The van der Waals surface area contributed by atoms with Gasteiger partial charge >= 0.3 is 0 Å². The molecule has 5 rings (SSSR count). The smallest absolute Gasteiger partial charge is 0.267 e. The average molecular weight is 460 g/mol. The van der Waals surface area contributed by atoms with Crippen LogP contribution in [0.1, 0.15) is 38.8 Å². The number of hydrogen-bond acceptors (Lipinski definition) is 6. The van der Waals surface area contributed by atoms with Gasteiger partial charge in [-0.15, -0.1) is 11.3 Å². The molecule has 4 aromatic rings. The van der Waals surface area contributed by atoms with Crippen LogP contribution in [0.5, 0.6) is 11.5 Å². The number of aryl methyl sites for hydroxylation is 1. The average Bonchev–Trinajstić information content (AvgIpc) is 3.18. The summed E-state index contributed by atoms with van der Waals surface area (Å²) in [4.78, 5) is 19.2. The molecule has 33 heavy (non-hydrogen) atoms. The molecule has 0 radical (unpaired) electrons. The second-order valence-electron chi connectivity index (χ2n) is 8.20. The van der Waals surface area contributed by atoms with Crippen molar-refractivity contribution in [2.75, 3.05) is 25.3 Å². The number of nitrogens with zero attached hydrogens (tertiary/aromatic N) is 1. The Kier molecular flexibility index (Phi) is 5.64. The maximum Gasteiger partial charge on any atom is 0.267 e. The van der Waals surface area contributed by atoms with Crippen molar-refractivity contribution in [1.82, 2.24) is 4.98 Å². The van der Waals surface area contributed by atoms with Gasteiger partial charge in [-0.1, -0.05) is 30.3 Å². The molecule has 7 heteroatoms. The van der Waals surface area contributed by atoms with Gasteiger partial charge in [0.25, 0.3) is 5.91 Å². The van der Waals surface area contributed by atoms with E-state index in [0.717, 1.165) is 35.2 Å². The van der Waals surface area contributed by atoms with Crippen LogP contribution in [0.2, 0.25) is 0 Å². The summed E-state index contributed by atoms with van der Waals surface area (Å²) in [5.74, 6) is 1.39. The van der Waals surface area contributed by atoms with Crippen LogP contribution >= 0.6 is 11.3 Å². The molecule has 0 saturated heterocycles. The Morgan fingerprint density at radius 2 is 1.82 bits per heavy atom. The topological polar surface area (TPSA) is 86.5 Å². The molecule has 1 atom stereocenters. The van der Waals surface area contributed by atoms with E-state index in [1.165, 1.54) is 22.5 Å². The zero-order valence-corrected chi connectivity index (χ0v) is 19.4. The molecule has 0 aliphatic heterocycles. The van der Waals surface area contributed by atoms with Crippen LogP contribution < -0.4 is 20.5 Å². The van der Waals surface area contributed by atoms with Crippen LogP contribution in [0, 0.1) is 0 Å². The van der Waals surface area contributed by atoms with Gasteiger partial charge in [-0.3, -0.25) is 4.79 Å². The zero-order valence-electron chi connectivity index (χ0n) is 18.6. The number of thiophene rings is 1. The first kappa shape index (κ1) is 21.3. The number of pyridine rings is 1. The van der Waals surface area contributed by atoms with E-state index in [1.807, 2.05) is 6.07 Å². The minimum absolute atomic E-state index is 0.272. The molecule has 1 unspecified atom stereocenters. The van der Waals surface area contributed by atoms with E-state index in [9.17, 15) is 4.79 Å². The summed E-state index contributed by atoms with van der Waals surface area (Å²) in [7, 11) is 3.14. The number of aromatic nitrogens is 1. The molecule has 1 aliphatic carbocycles. The number of methoxy groups -OCH3 is 2. The van der Waals surface area contributed by atoms with Crippen LogP contribution in [0.25, 0.3) is 10.2 Å². The van der Waals surface area contributed by atoms with Crippen LogP contribution in [0.15, 0.2) is 54.6 Å². The molecular formula is C26H25N3O3S. The number of nitrogen functional groups attached to an aromatic ring is 1. The quantitative estimate of drug-likeness (QED) is 0.416. The molecule has 6 nitrogen and oxygen atoms in total. The van der Waals surface area contributed by atoms with Gasteiger partial charge < -0.3 is 20.5 Å². The van der Waals surface area contributed by atoms with Crippen molar-refractivity contribution in [2.45, 2.75) is 25.2 Å². The van der Waals surface area contributed by atoms with Crippen LogP contribution in [-0.2, 0) is 12.8 Å². The number of nitrogens with two attached hydrogens (primary N) is 1. The summed E-state index contributed by atoms with van der Waals surface area (Å²) in [6.07, 6.45) is 2.93. The van der Waals surface area contributed by atoms with Gasteiger partial charge in [-0.05, 0) is 42.4 Å². The van der Waals surface area contributed by atoms with E-state index >= 15 is 0 Å². The fourth-order valence-corrected chi connectivity index (χ4v) is 5.43. The predicted octanol–water partition coefficient (Wildman–Crippen LogP) is 5.42. The van der Waals surface area contributed by atoms with Gasteiger partial charge in [0.2, 0.25) is 0 Å². The summed E-state index contributed by atoms with van der Waals surface area (Å²) < 4.78 is 10.6. The number of nitrogens with one attached hydrogen (secondary N) is 1. The van der Waals surface area contributed by atoms with Crippen LogP contribution in [0.3, 0.4) is 0 Å². The SMILES string of the molecule is COc1cc(NC(=O)c2sc3nc4c(cc3c2N)CC(c2ccccc2)CC4)cc(OC)c1. The lowest BCUT2D eigenvalue weighted by atomic mass is 9.82. The Hall–Kier alpha value is -3.58. The molecule has 1 aliphatic rings. The first-order chi connectivity index (χ1) is 16.1. The number of rotatable bonds is 5.